The van der Waals surface area contributed by atoms with Crippen molar-refractivity contribution in [3.05, 3.63) is 90.1 Å². The molecule has 2 aromatic heterocycles. The molecule has 13 N–H and O–H groups in total. The van der Waals surface area contributed by atoms with Gasteiger partial charge in [-0.25, -0.2) is 4.98 Å². The molecule has 428 valence electrons. The number of carbonyl (C=O) groups is 10. The number of ketones is 1. The first-order valence-electron chi connectivity index (χ1n) is 27.3. The van der Waals surface area contributed by atoms with E-state index in [1.54, 1.807) is 36.5 Å². The van der Waals surface area contributed by atoms with Crippen molar-refractivity contribution in [2.24, 2.45) is 5.73 Å². The Labute approximate surface area is 462 Å². The monoisotopic (exact) mass is 1100 g/mol. The van der Waals surface area contributed by atoms with Gasteiger partial charge in [0.25, 0.3) is 0 Å². The van der Waals surface area contributed by atoms with Crippen LogP contribution >= 0.6 is 0 Å². The molecule has 25 nitrogen and oxygen atoms in total. The van der Waals surface area contributed by atoms with E-state index >= 15 is 4.79 Å². The predicted octanol–water partition coefficient (Wildman–Crippen LogP) is -0.628. The molecule has 3 aliphatic heterocycles. The van der Waals surface area contributed by atoms with Gasteiger partial charge in [-0.3, -0.25) is 53.4 Å². The third-order valence-electron chi connectivity index (χ3n) is 14.7. The second-order valence-electron chi connectivity index (χ2n) is 20.6. The number of carbonyl (C=O) groups excluding carboxylic acids is 10. The van der Waals surface area contributed by atoms with Crippen molar-refractivity contribution in [1.82, 2.24) is 67.3 Å². The van der Waals surface area contributed by atoms with E-state index in [1.165, 1.54) is 36.2 Å². The topological polar surface area (TPSA) is 368 Å². The van der Waals surface area contributed by atoms with Crippen LogP contribution in [0.5, 0.6) is 0 Å². The highest BCUT2D eigenvalue weighted by Crippen LogP contribution is 2.27. The van der Waals surface area contributed by atoms with Gasteiger partial charge in [-0.2, -0.15) is 0 Å². The van der Waals surface area contributed by atoms with Crippen LogP contribution in [0, 0.1) is 5.41 Å². The van der Waals surface area contributed by atoms with Crippen molar-refractivity contribution >= 4 is 75.8 Å². The van der Waals surface area contributed by atoms with E-state index in [-0.39, 0.29) is 95.1 Å². The highest BCUT2D eigenvalue weighted by Gasteiger charge is 2.43. The fraction of sp³-hybridized carbons (Fsp3) is 0.491. The molecule has 3 saturated heterocycles. The number of hydrogen-bond acceptors (Lipinski definition) is 12. The number of Topliss-reactive ketones (excluding diaryl/α,β-unsaturated/α-hetero) is 1. The zero-order valence-electron chi connectivity index (χ0n) is 45.1. The van der Waals surface area contributed by atoms with Crippen LogP contribution in [0.15, 0.2) is 73.3 Å². The number of nitrogens with one attached hydrogen (secondary N) is 11. The molecule has 0 saturated carbocycles. The number of H-pyrrole nitrogens is 2. The van der Waals surface area contributed by atoms with E-state index in [2.05, 4.69) is 57.5 Å². The van der Waals surface area contributed by atoms with Gasteiger partial charge in [0.05, 0.1) is 12.4 Å². The molecule has 0 unspecified atom stereocenters. The molecular weight excluding hydrogens is 1030 g/mol. The molecule has 0 spiro atoms. The minimum atomic E-state index is -1.40. The molecule has 0 aliphatic carbocycles. The summed E-state index contributed by atoms with van der Waals surface area (Å²) in [4.78, 5) is 154. The smallest absolute Gasteiger partial charge is 0.245 e. The number of imidazole rings is 1. The molecule has 9 amide bonds. The maximum atomic E-state index is 15.1. The number of rotatable bonds is 14. The number of para-hydroxylation sites is 1. The van der Waals surface area contributed by atoms with Crippen molar-refractivity contribution in [3.63, 3.8) is 0 Å². The van der Waals surface area contributed by atoms with Crippen LogP contribution in [0.2, 0.25) is 0 Å². The van der Waals surface area contributed by atoms with Gasteiger partial charge in [-0.1, -0.05) is 48.5 Å². The number of amides is 9. The van der Waals surface area contributed by atoms with Crippen molar-refractivity contribution in [3.8, 4) is 0 Å². The summed E-state index contributed by atoms with van der Waals surface area (Å²) in [5.74, 6) is -6.52. The van der Waals surface area contributed by atoms with Gasteiger partial charge in [-0.05, 0) is 81.9 Å². The summed E-state index contributed by atoms with van der Waals surface area (Å²) < 4.78 is 0. The normalized spacial score (nSPS) is 24.1. The predicted molar refractivity (Wildman–Crippen MR) is 292 cm³/mol. The lowest BCUT2D eigenvalue weighted by Gasteiger charge is -2.33. The van der Waals surface area contributed by atoms with Gasteiger partial charge in [-0.15, -0.1) is 0 Å². The Balaban J connectivity index is 1.26. The number of guanidine groups is 1. The number of hydrogen-bond donors (Lipinski definition) is 12. The molecule has 0 radical (unpaired) electrons. The number of fused-ring (bicyclic) bond motifs is 1. The first kappa shape index (κ1) is 59.0. The van der Waals surface area contributed by atoms with E-state index < -0.39 is 95.6 Å². The van der Waals surface area contributed by atoms with Crippen molar-refractivity contribution in [2.45, 2.75) is 146 Å². The lowest BCUT2D eigenvalue weighted by atomic mass is 10.0. The average Bonchev–Trinajstić information content (AvgIpc) is 4.33. The second-order valence-corrected chi connectivity index (χ2v) is 20.6. The molecule has 25 heteroatoms. The zero-order chi connectivity index (χ0) is 57.3. The molecule has 80 heavy (non-hydrogen) atoms. The van der Waals surface area contributed by atoms with Crippen molar-refractivity contribution < 1.29 is 47.9 Å². The number of aromatic nitrogens is 3. The molecule has 5 heterocycles. The summed E-state index contributed by atoms with van der Waals surface area (Å²) in [5.41, 5.74) is 8.02. The van der Waals surface area contributed by atoms with Crippen LogP contribution in [-0.2, 0) is 67.2 Å². The van der Waals surface area contributed by atoms with Crippen LogP contribution in [-0.4, -0.2) is 164 Å². The maximum Gasteiger partial charge on any atom is 0.245 e. The van der Waals surface area contributed by atoms with Crippen molar-refractivity contribution in [2.75, 3.05) is 26.2 Å². The van der Waals surface area contributed by atoms with Gasteiger partial charge in [0.1, 0.15) is 42.3 Å². The van der Waals surface area contributed by atoms with Crippen LogP contribution in [0.25, 0.3) is 10.9 Å². The first-order valence-corrected chi connectivity index (χ1v) is 27.3. The Hall–Kier alpha value is -8.64. The summed E-state index contributed by atoms with van der Waals surface area (Å²) in [6.07, 6.45) is 5.88. The van der Waals surface area contributed by atoms with Gasteiger partial charge in [0.2, 0.25) is 53.2 Å². The number of aromatic amines is 2. The minimum absolute atomic E-state index is 0.00213. The Kier molecular flexibility index (Phi) is 20.9. The molecule has 8 atom stereocenters. The molecule has 2 aromatic carbocycles. The molecule has 4 aromatic rings. The van der Waals surface area contributed by atoms with E-state index in [0.717, 1.165) is 10.9 Å². The van der Waals surface area contributed by atoms with Crippen LogP contribution in [0.4, 0.5) is 0 Å². The largest absolute Gasteiger partial charge is 0.370 e. The quantitative estimate of drug-likeness (QED) is 0.0426. The summed E-state index contributed by atoms with van der Waals surface area (Å²) in [6.45, 7) is 3.29. The molecule has 7 rings (SSSR count). The molecule has 3 aliphatic rings. The van der Waals surface area contributed by atoms with E-state index in [9.17, 15) is 43.2 Å². The van der Waals surface area contributed by atoms with Gasteiger partial charge in [0, 0.05) is 87.8 Å². The number of nitrogens with two attached hydrogens (primary N) is 1. The Morgan fingerprint density at radius 1 is 0.688 bits per heavy atom. The third kappa shape index (κ3) is 16.2. The van der Waals surface area contributed by atoms with Crippen LogP contribution < -0.4 is 48.3 Å². The summed E-state index contributed by atoms with van der Waals surface area (Å²) in [7, 11) is 0. The average molecular weight is 1100 g/mol. The Morgan fingerprint density at radius 3 is 2.00 bits per heavy atom. The summed E-state index contributed by atoms with van der Waals surface area (Å²) in [6, 6.07) is 6.44. The minimum Gasteiger partial charge on any atom is -0.370 e. The lowest BCUT2D eigenvalue weighted by Crippen LogP contribution is -2.61. The second kappa shape index (κ2) is 28.3. The standard InChI is InChI=1S/C55H73N15O10/c1-32(71)45-18-10-24-69(45)54(80)46-19-11-25-70(46)53(79)41-17-9-22-59-47(73)21-20-40(63-33(2)72)49(75)68-44(28-36-30-58-31-62-36)52(78)66-42(26-34-12-4-3-5-13-34)50(76)64-39(16-8-23-60-55(56)57)48(74)67-43(51(77)65-41)27-35-29-61-38-15-7-6-14-37(35)38/h3-7,12-15,29-31,39-46,61H,8-11,16-28H2,1-2H3,(H,58,62)(H,59,73)(H,63,72)(H,64,76)(H,65,77)(H,66,78)(H,67,74)(H,68,75)(H4,56,57,60)/t39-,40-,41-,42+,43-,44-,45-,46-/m0/s1. The van der Waals surface area contributed by atoms with E-state index in [0.29, 0.717) is 49.0 Å². The third-order valence-corrected chi connectivity index (χ3v) is 14.7. The van der Waals surface area contributed by atoms with Crippen molar-refractivity contribution in [1.29, 1.82) is 5.41 Å². The zero-order valence-corrected chi connectivity index (χ0v) is 45.1. The number of likely N-dealkylation sites (tertiary alicyclic amines) is 2. The lowest BCUT2D eigenvalue weighted by molar-refractivity contribution is -0.147. The van der Waals surface area contributed by atoms with Crippen LogP contribution in [0.3, 0.4) is 0 Å². The Bertz CT molecular complexity index is 2880. The highest BCUT2D eigenvalue weighted by atomic mass is 16.2. The van der Waals surface area contributed by atoms with Gasteiger partial charge in [0.15, 0.2) is 11.7 Å². The Morgan fingerprint density at radius 2 is 1.31 bits per heavy atom. The molecular formula is C55H73N15O10. The van der Waals surface area contributed by atoms with Gasteiger partial charge < -0.3 is 68.0 Å². The fourth-order valence-corrected chi connectivity index (χ4v) is 10.6. The molecule has 0 bridgehead atoms. The van der Waals surface area contributed by atoms with Crippen LogP contribution in [0.1, 0.15) is 94.9 Å². The first-order chi connectivity index (χ1) is 38.4. The fourth-order valence-electron chi connectivity index (χ4n) is 10.6. The SMILES string of the molecule is CC(=O)N[C@H]1CCC(=O)NCCC[C@@H](C(=O)N2CCC[C@H]2C(=O)N2CCC[C@H]2C(C)=O)NC(=O)[C@H](Cc2c[nH]c3ccccc23)NC(=O)[C@H](CCCNC(=N)N)NC(=O)[C@@H](Cc2ccccc2)NC(=O)[C@H](Cc2cnc[nH]2)NC1=O. The number of nitrogens with zero attached hydrogens (tertiary/aromatic N) is 3. The number of benzene rings is 2. The summed E-state index contributed by atoms with van der Waals surface area (Å²) >= 11 is 0. The van der Waals surface area contributed by atoms with E-state index in [4.69, 9.17) is 11.1 Å². The van der Waals surface area contributed by atoms with E-state index in [1.807, 2.05) is 24.3 Å². The maximum absolute atomic E-state index is 15.1. The van der Waals surface area contributed by atoms with Gasteiger partial charge >= 0.3 is 0 Å². The highest BCUT2D eigenvalue weighted by molar-refractivity contribution is 5.99. The summed E-state index contributed by atoms with van der Waals surface area (Å²) in [5, 5.41) is 30.5. The molecule has 3 fully saturated rings.